The van der Waals surface area contributed by atoms with Crippen molar-refractivity contribution in [1.82, 2.24) is 0 Å². The SMILES string of the molecule is Cc1cccc(Oc2ccc(NC(=O)CCCC(=O)[O-])cc2)c1. The average molecular weight is 312 g/mol. The molecule has 1 N–H and O–H groups in total. The van der Waals surface area contributed by atoms with E-state index in [4.69, 9.17) is 4.74 Å². The third-order valence-electron chi connectivity index (χ3n) is 3.15. The van der Waals surface area contributed by atoms with Gasteiger partial charge in [0.2, 0.25) is 5.91 Å². The lowest BCUT2D eigenvalue weighted by atomic mass is 10.2. The maximum absolute atomic E-state index is 11.7. The van der Waals surface area contributed by atoms with Crippen molar-refractivity contribution >= 4 is 17.6 Å². The first-order chi connectivity index (χ1) is 11.0. The molecule has 0 saturated heterocycles. The number of carbonyl (C=O) groups is 2. The van der Waals surface area contributed by atoms with E-state index in [1.807, 2.05) is 31.2 Å². The summed E-state index contributed by atoms with van der Waals surface area (Å²) in [4.78, 5) is 21.9. The van der Waals surface area contributed by atoms with Crippen LogP contribution in [0.3, 0.4) is 0 Å². The summed E-state index contributed by atoms with van der Waals surface area (Å²) in [5.41, 5.74) is 1.75. The second-order valence-corrected chi connectivity index (χ2v) is 5.22. The number of aryl methyl sites for hydroxylation is 1. The second-order valence-electron chi connectivity index (χ2n) is 5.22. The van der Waals surface area contributed by atoms with Gasteiger partial charge in [-0.3, -0.25) is 4.79 Å². The summed E-state index contributed by atoms with van der Waals surface area (Å²) in [7, 11) is 0. The van der Waals surface area contributed by atoms with Crippen LogP contribution in [-0.2, 0) is 9.59 Å². The number of hydrogen-bond acceptors (Lipinski definition) is 4. The molecule has 0 aliphatic heterocycles. The normalized spacial score (nSPS) is 10.1. The highest BCUT2D eigenvalue weighted by Crippen LogP contribution is 2.23. The quantitative estimate of drug-likeness (QED) is 0.852. The van der Waals surface area contributed by atoms with Gasteiger partial charge in [0.05, 0.1) is 0 Å². The fourth-order valence-corrected chi connectivity index (χ4v) is 2.04. The number of rotatable bonds is 7. The highest BCUT2D eigenvalue weighted by atomic mass is 16.5. The maximum Gasteiger partial charge on any atom is 0.224 e. The van der Waals surface area contributed by atoms with Crippen LogP contribution in [0, 0.1) is 6.92 Å². The van der Waals surface area contributed by atoms with E-state index >= 15 is 0 Å². The Hall–Kier alpha value is -2.82. The van der Waals surface area contributed by atoms with E-state index in [1.54, 1.807) is 24.3 Å². The Morgan fingerprint density at radius 2 is 1.78 bits per heavy atom. The van der Waals surface area contributed by atoms with Crippen molar-refractivity contribution in [2.45, 2.75) is 26.2 Å². The van der Waals surface area contributed by atoms with Gasteiger partial charge in [0.25, 0.3) is 0 Å². The van der Waals surface area contributed by atoms with Crippen molar-refractivity contribution in [3.63, 3.8) is 0 Å². The van der Waals surface area contributed by atoms with Crippen molar-refractivity contribution in [2.24, 2.45) is 0 Å². The molecule has 1 amide bonds. The number of carboxylic acids is 1. The fourth-order valence-electron chi connectivity index (χ4n) is 2.04. The lowest BCUT2D eigenvalue weighted by Gasteiger charge is -2.09. The summed E-state index contributed by atoms with van der Waals surface area (Å²) >= 11 is 0. The zero-order chi connectivity index (χ0) is 16.7. The topological polar surface area (TPSA) is 78.5 Å². The van der Waals surface area contributed by atoms with Crippen LogP contribution in [0.1, 0.15) is 24.8 Å². The van der Waals surface area contributed by atoms with Crippen LogP contribution in [0.15, 0.2) is 48.5 Å². The van der Waals surface area contributed by atoms with Gasteiger partial charge >= 0.3 is 0 Å². The minimum atomic E-state index is -1.14. The Labute approximate surface area is 134 Å². The maximum atomic E-state index is 11.7. The Morgan fingerprint density at radius 1 is 1.04 bits per heavy atom. The predicted octanol–water partition coefficient (Wildman–Crippen LogP) is 2.65. The molecule has 0 radical (unpaired) electrons. The van der Waals surface area contributed by atoms with E-state index in [-0.39, 0.29) is 25.2 Å². The molecule has 0 spiro atoms. The molecule has 0 unspecified atom stereocenters. The zero-order valence-corrected chi connectivity index (χ0v) is 12.9. The molecule has 0 aromatic heterocycles. The Balaban J connectivity index is 1.86. The Kier molecular flexibility index (Phi) is 5.74. The van der Waals surface area contributed by atoms with Gasteiger partial charge in [-0.15, -0.1) is 0 Å². The molecule has 2 rings (SSSR count). The average Bonchev–Trinajstić information content (AvgIpc) is 2.49. The lowest BCUT2D eigenvalue weighted by Crippen LogP contribution is -2.22. The van der Waals surface area contributed by atoms with E-state index < -0.39 is 5.97 Å². The van der Waals surface area contributed by atoms with Crippen molar-refractivity contribution in [3.05, 3.63) is 54.1 Å². The number of benzene rings is 2. The monoisotopic (exact) mass is 312 g/mol. The zero-order valence-electron chi connectivity index (χ0n) is 12.9. The summed E-state index contributed by atoms with van der Waals surface area (Å²) in [5, 5.41) is 13.0. The van der Waals surface area contributed by atoms with Gasteiger partial charge in [0.15, 0.2) is 0 Å². The van der Waals surface area contributed by atoms with Crippen LogP contribution in [-0.4, -0.2) is 11.9 Å². The molecule has 2 aromatic rings. The Morgan fingerprint density at radius 3 is 2.43 bits per heavy atom. The lowest BCUT2D eigenvalue weighted by molar-refractivity contribution is -0.305. The largest absolute Gasteiger partial charge is 0.550 e. The summed E-state index contributed by atoms with van der Waals surface area (Å²) < 4.78 is 5.73. The van der Waals surface area contributed by atoms with Gasteiger partial charge in [-0.25, -0.2) is 0 Å². The standard InChI is InChI=1S/C18H19NO4/c1-13-4-2-5-16(12-13)23-15-10-8-14(9-11-15)19-17(20)6-3-7-18(21)22/h2,4-5,8-12H,3,6-7H2,1H3,(H,19,20)(H,21,22)/p-1. The van der Waals surface area contributed by atoms with Crippen molar-refractivity contribution < 1.29 is 19.4 Å². The Bertz CT molecular complexity index is 680. The molecular formula is C18H18NO4-. The summed E-state index contributed by atoms with van der Waals surface area (Å²) in [6.07, 6.45) is 0.301. The minimum Gasteiger partial charge on any atom is -0.550 e. The summed E-state index contributed by atoms with van der Waals surface area (Å²) in [6.45, 7) is 1.99. The first kappa shape index (κ1) is 16.5. The number of nitrogens with one attached hydrogen (secondary N) is 1. The molecule has 0 bridgehead atoms. The van der Waals surface area contributed by atoms with Gasteiger partial charge in [-0.1, -0.05) is 12.1 Å². The van der Waals surface area contributed by atoms with Crippen molar-refractivity contribution in [3.8, 4) is 11.5 Å². The number of ether oxygens (including phenoxy) is 1. The molecule has 0 heterocycles. The fraction of sp³-hybridized carbons (Fsp3) is 0.222. The molecule has 0 saturated carbocycles. The van der Waals surface area contributed by atoms with Gasteiger partial charge < -0.3 is 20.0 Å². The molecule has 0 aliphatic rings. The molecule has 0 fully saturated rings. The van der Waals surface area contributed by atoms with E-state index in [1.165, 1.54) is 0 Å². The van der Waals surface area contributed by atoms with Crippen LogP contribution in [0.5, 0.6) is 11.5 Å². The van der Waals surface area contributed by atoms with Gasteiger partial charge in [-0.05, 0) is 61.7 Å². The predicted molar refractivity (Wildman–Crippen MR) is 85.2 cm³/mol. The van der Waals surface area contributed by atoms with Crippen molar-refractivity contribution in [1.29, 1.82) is 0 Å². The highest BCUT2D eigenvalue weighted by Gasteiger charge is 2.03. The molecule has 5 nitrogen and oxygen atoms in total. The van der Waals surface area contributed by atoms with Crippen LogP contribution in [0.25, 0.3) is 0 Å². The van der Waals surface area contributed by atoms with Crippen molar-refractivity contribution in [2.75, 3.05) is 5.32 Å². The smallest absolute Gasteiger partial charge is 0.224 e. The van der Waals surface area contributed by atoms with Crippen LogP contribution in [0.4, 0.5) is 5.69 Å². The number of anilines is 1. The summed E-state index contributed by atoms with van der Waals surface area (Å²) in [6, 6.07) is 14.7. The number of carboxylic acid groups (broad SMARTS) is 1. The molecule has 120 valence electrons. The number of hydrogen-bond donors (Lipinski definition) is 1. The third kappa shape index (κ3) is 5.82. The molecule has 0 atom stereocenters. The third-order valence-corrected chi connectivity index (χ3v) is 3.15. The number of carbonyl (C=O) groups excluding carboxylic acids is 2. The van der Waals surface area contributed by atoms with E-state index in [2.05, 4.69) is 5.32 Å². The highest BCUT2D eigenvalue weighted by molar-refractivity contribution is 5.90. The van der Waals surface area contributed by atoms with Crippen LogP contribution >= 0.6 is 0 Å². The molecular weight excluding hydrogens is 294 g/mol. The van der Waals surface area contributed by atoms with Gasteiger partial charge in [0, 0.05) is 18.1 Å². The second kappa shape index (κ2) is 7.98. The van der Waals surface area contributed by atoms with Crippen LogP contribution < -0.4 is 15.2 Å². The van der Waals surface area contributed by atoms with E-state index in [9.17, 15) is 14.7 Å². The van der Waals surface area contributed by atoms with Crippen LogP contribution in [0.2, 0.25) is 0 Å². The first-order valence-electron chi connectivity index (χ1n) is 7.37. The minimum absolute atomic E-state index is 0.114. The summed E-state index contributed by atoms with van der Waals surface area (Å²) in [5.74, 6) is 0.0590. The molecule has 5 heteroatoms. The van der Waals surface area contributed by atoms with Gasteiger partial charge in [-0.2, -0.15) is 0 Å². The van der Waals surface area contributed by atoms with Gasteiger partial charge in [0.1, 0.15) is 11.5 Å². The molecule has 2 aromatic carbocycles. The first-order valence-corrected chi connectivity index (χ1v) is 7.37. The molecule has 23 heavy (non-hydrogen) atoms. The number of amides is 1. The number of aliphatic carboxylic acids is 1. The molecule has 0 aliphatic carbocycles. The van der Waals surface area contributed by atoms with E-state index in [0.29, 0.717) is 11.4 Å². The van der Waals surface area contributed by atoms with E-state index in [0.717, 1.165) is 11.3 Å².